The quantitative estimate of drug-likeness (QED) is 0.275. The molecular weight excluding hydrogens is 433 g/mol. The summed E-state index contributed by atoms with van der Waals surface area (Å²) in [5.74, 6) is 0. The van der Waals surface area contributed by atoms with Gasteiger partial charge in [0.25, 0.3) is 0 Å². The van der Waals surface area contributed by atoms with Crippen LogP contribution in [0, 0.1) is 3.57 Å². The molecule has 0 atom stereocenters. The molecule has 0 unspecified atom stereocenters. The van der Waals surface area contributed by atoms with Crippen LogP contribution in [-0.4, -0.2) is 4.98 Å². The number of aromatic nitrogens is 1. The molecule has 0 aliphatic rings. The molecule has 3 aromatic carbocycles. The van der Waals surface area contributed by atoms with Gasteiger partial charge < -0.3 is 4.42 Å². The summed E-state index contributed by atoms with van der Waals surface area (Å²) in [6.07, 6.45) is 1.84. The van der Waals surface area contributed by atoms with Crippen molar-refractivity contribution in [3.05, 3.63) is 88.6 Å². The molecule has 0 saturated heterocycles. The smallest absolute Gasteiger partial charge is 0.167 e. The van der Waals surface area contributed by atoms with Crippen molar-refractivity contribution in [1.29, 1.82) is 0 Å². The summed E-state index contributed by atoms with van der Waals surface area (Å²) in [7, 11) is 0. The summed E-state index contributed by atoms with van der Waals surface area (Å²) in [6.45, 7) is 0. The first-order chi connectivity index (χ1) is 12.8. The molecule has 0 amide bonds. The lowest BCUT2D eigenvalue weighted by molar-refractivity contribution is 0.667. The number of hydrogen-bond acceptors (Lipinski definition) is 2. The van der Waals surface area contributed by atoms with Gasteiger partial charge in [0.2, 0.25) is 0 Å². The maximum absolute atomic E-state index is 6.29. The molecule has 2 aromatic heterocycles. The molecule has 0 aliphatic heterocycles. The van der Waals surface area contributed by atoms with Crippen molar-refractivity contribution >= 4 is 44.7 Å². The molecule has 0 bridgehead atoms. The maximum Gasteiger partial charge on any atom is 0.167 e. The Labute approximate surface area is 164 Å². The van der Waals surface area contributed by atoms with Crippen LogP contribution in [0.25, 0.3) is 44.3 Å². The normalized spacial score (nSPS) is 11.3. The molecule has 0 aliphatic carbocycles. The lowest BCUT2D eigenvalue weighted by Gasteiger charge is -2.07. The standard InChI is InChI=1S/C23H14INO/c24-20-11-12-25-21-19-14-17(15-7-3-1-4-8-15)13-18(22(19)26-23(20)21)16-9-5-2-6-10-16/h1-14H. The van der Waals surface area contributed by atoms with E-state index < -0.39 is 0 Å². The zero-order chi connectivity index (χ0) is 17.5. The van der Waals surface area contributed by atoms with E-state index in [4.69, 9.17) is 4.42 Å². The van der Waals surface area contributed by atoms with Crippen molar-refractivity contribution < 1.29 is 4.42 Å². The Bertz CT molecular complexity index is 1230. The Morgan fingerprint density at radius 2 is 1.38 bits per heavy atom. The fraction of sp³-hybridized carbons (Fsp3) is 0. The van der Waals surface area contributed by atoms with E-state index in [9.17, 15) is 0 Å². The van der Waals surface area contributed by atoms with Crippen LogP contribution in [0.15, 0.2) is 89.5 Å². The number of benzene rings is 3. The van der Waals surface area contributed by atoms with E-state index in [2.05, 4.69) is 88.2 Å². The number of pyridine rings is 1. The molecule has 5 rings (SSSR count). The number of hydrogen-bond donors (Lipinski definition) is 0. The summed E-state index contributed by atoms with van der Waals surface area (Å²) in [5, 5.41) is 1.05. The van der Waals surface area contributed by atoms with Crippen molar-refractivity contribution in [2.24, 2.45) is 0 Å². The van der Waals surface area contributed by atoms with Gasteiger partial charge in [0.1, 0.15) is 11.1 Å². The molecule has 2 heterocycles. The van der Waals surface area contributed by atoms with E-state index in [1.165, 1.54) is 11.1 Å². The van der Waals surface area contributed by atoms with Gasteiger partial charge in [-0.25, -0.2) is 0 Å². The van der Waals surface area contributed by atoms with E-state index in [-0.39, 0.29) is 0 Å². The molecule has 5 aromatic rings. The van der Waals surface area contributed by atoms with Crippen molar-refractivity contribution in [3.63, 3.8) is 0 Å². The van der Waals surface area contributed by atoms with Crippen LogP contribution in [0.1, 0.15) is 0 Å². The van der Waals surface area contributed by atoms with Crippen molar-refractivity contribution in [3.8, 4) is 22.3 Å². The molecule has 0 saturated carbocycles. The average Bonchev–Trinajstić information content (AvgIpc) is 3.09. The first-order valence-electron chi connectivity index (χ1n) is 8.43. The number of nitrogens with zero attached hydrogens (tertiary/aromatic N) is 1. The predicted molar refractivity (Wildman–Crippen MR) is 115 cm³/mol. The highest BCUT2D eigenvalue weighted by Gasteiger charge is 2.17. The Morgan fingerprint density at radius 1 is 0.692 bits per heavy atom. The van der Waals surface area contributed by atoms with Crippen LogP contribution in [0.3, 0.4) is 0 Å². The largest absolute Gasteiger partial charge is 0.453 e. The molecule has 3 heteroatoms. The van der Waals surface area contributed by atoms with Gasteiger partial charge in [-0.3, -0.25) is 4.98 Å². The van der Waals surface area contributed by atoms with E-state index >= 15 is 0 Å². The minimum atomic E-state index is 0.852. The van der Waals surface area contributed by atoms with Crippen molar-refractivity contribution in [2.45, 2.75) is 0 Å². The monoisotopic (exact) mass is 447 g/mol. The highest BCUT2D eigenvalue weighted by Crippen LogP contribution is 2.39. The summed E-state index contributed by atoms with van der Waals surface area (Å²) in [5.41, 5.74) is 7.25. The highest BCUT2D eigenvalue weighted by atomic mass is 127. The van der Waals surface area contributed by atoms with Crippen LogP contribution in [0.2, 0.25) is 0 Å². The van der Waals surface area contributed by atoms with Crippen LogP contribution < -0.4 is 0 Å². The minimum absolute atomic E-state index is 0.852. The average molecular weight is 447 g/mol. The Morgan fingerprint density at radius 3 is 2.12 bits per heavy atom. The zero-order valence-corrected chi connectivity index (χ0v) is 16.0. The zero-order valence-electron chi connectivity index (χ0n) is 13.8. The topological polar surface area (TPSA) is 26.0 Å². The fourth-order valence-corrected chi connectivity index (χ4v) is 3.89. The first kappa shape index (κ1) is 15.6. The summed E-state index contributed by atoms with van der Waals surface area (Å²) >= 11 is 2.31. The second-order valence-electron chi connectivity index (χ2n) is 6.21. The molecule has 0 spiro atoms. The number of furan rings is 1. The second-order valence-corrected chi connectivity index (χ2v) is 7.37. The SMILES string of the molecule is Ic1ccnc2c1oc1c(-c3ccccc3)cc(-c3ccccc3)cc12. The summed E-state index contributed by atoms with van der Waals surface area (Å²) in [6, 6.07) is 27.2. The van der Waals surface area contributed by atoms with E-state index in [1.807, 2.05) is 24.4 Å². The summed E-state index contributed by atoms with van der Waals surface area (Å²) < 4.78 is 7.36. The molecule has 0 N–H and O–H groups in total. The minimum Gasteiger partial charge on any atom is -0.453 e. The van der Waals surface area contributed by atoms with Gasteiger partial charge in [0.15, 0.2) is 5.58 Å². The third kappa shape index (κ3) is 2.51. The van der Waals surface area contributed by atoms with Gasteiger partial charge in [-0.15, -0.1) is 0 Å². The predicted octanol–water partition coefficient (Wildman–Crippen LogP) is 6.92. The van der Waals surface area contributed by atoms with E-state index in [1.54, 1.807) is 0 Å². The molecule has 0 radical (unpaired) electrons. The van der Waals surface area contributed by atoms with Crippen LogP contribution in [0.5, 0.6) is 0 Å². The van der Waals surface area contributed by atoms with Gasteiger partial charge in [-0.2, -0.15) is 0 Å². The molecule has 2 nitrogen and oxygen atoms in total. The first-order valence-corrected chi connectivity index (χ1v) is 9.51. The van der Waals surface area contributed by atoms with Crippen LogP contribution >= 0.6 is 22.6 Å². The van der Waals surface area contributed by atoms with Crippen molar-refractivity contribution in [1.82, 2.24) is 4.98 Å². The van der Waals surface area contributed by atoms with E-state index in [0.717, 1.165) is 36.8 Å². The van der Waals surface area contributed by atoms with E-state index in [0.29, 0.717) is 0 Å². The fourth-order valence-electron chi connectivity index (χ4n) is 3.36. The molecular formula is C23H14INO. The van der Waals surface area contributed by atoms with Gasteiger partial charge in [0, 0.05) is 17.1 Å². The molecule has 0 fully saturated rings. The highest BCUT2D eigenvalue weighted by molar-refractivity contribution is 14.1. The third-order valence-electron chi connectivity index (χ3n) is 4.60. The number of fused-ring (bicyclic) bond motifs is 3. The van der Waals surface area contributed by atoms with Gasteiger partial charge in [-0.05, 0) is 57.5 Å². The Hall–Kier alpha value is -2.66. The third-order valence-corrected chi connectivity index (χ3v) is 5.45. The Balaban J connectivity index is 1.92. The van der Waals surface area contributed by atoms with Gasteiger partial charge in [0.05, 0.1) is 3.57 Å². The van der Waals surface area contributed by atoms with Crippen LogP contribution in [-0.2, 0) is 0 Å². The second kappa shape index (κ2) is 6.25. The molecule has 26 heavy (non-hydrogen) atoms. The maximum atomic E-state index is 6.29. The number of halogens is 1. The number of rotatable bonds is 2. The molecule has 124 valence electrons. The van der Waals surface area contributed by atoms with Gasteiger partial charge in [-0.1, -0.05) is 60.7 Å². The van der Waals surface area contributed by atoms with Gasteiger partial charge >= 0.3 is 0 Å². The van der Waals surface area contributed by atoms with Crippen molar-refractivity contribution in [2.75, 3.05) is 0 Å². The Kier molecular flexibility index (Phi) is 3.75. The summed E-state index contributed by atoms with van der Waals surface area (Å²) in [4.78, 5) is 4.60. The lowest BCUT2D eigenvalue weighted by atomic mass is 9.96. The lowest BCUT2D eigenvalue weighted by Crippen LogP contribution is -1.83. The van der Waals surface area contributed by atoms with Crippen LogP contribution in [0.4, 0.5) is 0 Å².